The molecule has 0 aromatic heterocycles. The molecule has 0 aliphatic rings. The number of halogens is 1. The molecule has 1 rings (SSSR count). The van der Waals surface area contributed by atoms with Crippen LogP contribution in [0.3, 0.4) is 0 Å². The fourth-order valence-corrected chi connectivity index (χ4v) is 1.79. The van der Waals surface area contributed by atoms with Crippen molar-refractivity contribution in [1.29, 1.82) is 0 Å². The number of ether oxygens (including phenoxy) is 1. The number of hydrogen-bond acceptors (Lipinski definition) is 3. The summed E-state index contributed by atoms with van der Waals surface area (Å²) in [5.74, 6) is 0.262. The van der Waals surface area contributed by atoms with Crippen molar-refractivity contribution >= 4 is 5.91 Å². The highest BCUT2D eigenvalue weighted by molar-refractivity contribution is 5.76. The van der Waals surface area contributed by atoms with Gasteiger partial charge in [0.2, 0.25) is 5.91 Å². The Labute approximate surface area is 119 Å². The van der Waals surface area contributed by atoms with Crippen molar-refractivity contribution in [3.63, 3.8) is 0 Å². The molecule has 1 unspecified atom stereocenters. The van der Waals surface area contributed by atoms with Crippen molar-refractivity contribution in [1.82, 2.24) is 5.32 Å². The van der Waals surface area contributed by atoms with Crippen LogP contribution in [0.1, 0.15) is 32.6 Å². The third-order valence-electron chi connectivity index (χ3n) is 2.97. The Morgan fingerprint density at radius 3 is 2.70 bits per heavy atom. The predicted molar refractivity (Wildman–Crippen MR) is 75.1 cm³/mol. The van der Waals surface area contributed by atoms with Gasteiger partial charge in [0.15, 0.2) is 0 Å². The molecule has 0 radical (unpaired) electrons. The first-order chi connectivity index (χ1) is 9.65. The summed E-state index contributed by atoms with van der Waals surface area (Å²) in [6.45, 7) is 2.46. The van der Waals surface area contributed by atoms with Gasteiger partial charge in [-0.25, -0.2) is 4.39 Å². The smallest absolute Gasteiger partial charge is 0.220 e. The maximum Gasteiger partial charge on any atom is 0.220 e. The maximum atomic E-state index is 12.7. The van der Waals surface area contributed by atoms with Gasteiger partial charge < -0.3 is 15.2 Å². The number of amides is 1. The minimum atomic E-state index is -0.300. The van der Waals surface area contributed by atoms with Crippen LogP contribution in [0.15, 0.2) is 24.3 Å². The average molecular weight is 283 g/mol. The van der Waals surface area contributed by atoms with Gasteiger partial charge in [-0.05, 0) is 43.5 Å². The highest BCUT2D eigenvalue weighted by atomic mass is 19.1. The number of nitrogens with one attached hydrogen (secondary N) is 1. The second kappa shape index (κ2) is 9.31. The topological polar surface area (TPSA) is 58.6 Å². The van der Waals surface area contributed by atoms with Crippen LogP contribution in [0.4, 0.5) is 4.39 Å². The van der Waals surface area contributed by atoms with Gasteiger partial charge in [0, 0.05) is 19.1 Å². The van der Waals surface area contributed by atoms with E-state index in [0.29, 0.717) is 31.6 Å². The number of hydrogen-bond donors (Lipinski definition) is 2. The van der Waals surface area contributed by atoms with Crippen LogP contribution in [0.5, 0.6) is 5.75 Å². The van der Waals surface area contributed by atoms with E-state index in [1.54, 1.807) is 12.1 Å². The van der Waals surface area contributed by atoms with Crippen molar-refractivity contribution in [2.45, 2.75) is 38.6 Å². The highest BCUT2D eigenvalue weighted by Gasteiger charge is 2.09. The van der Waals surface area contributed by atoms with Gasteiger partial charge in [0.1, 0.15) is 11.6 Å². The molecular weight excluding hydrogens is 261 g/mol. The van der Waals surface area contributed by atoms with Crippen LogP contribution in [0.25, 0.3) is 0 Å². The largest absolute Gasteiger partial charge is 0.494 e. The Hall–Kier alpha value is -1.62. The summed E-state index contributed by atoms with van der Waals surface area (Å²) in [4.78, 5) is 11.6. The zero-order valence-electron chi connectivity index (χ0n) is 11.8. The second-order valence-corrected chi connectivity index (χ2v) is 4.59. The molecule has 1 aromatic rings. The molecule has 2 N–H and O–H groups in total. The van der Waals surface area contributed by atoms with Crippen molar-refractivity contribution in [2.24, 2.45) is 0 Å². The summed E-state index contributed by atoms with van der Waals surface area (Å²) < 4.78 is 18.1. The second-order valence-electron chi connectivity index (χ2n) is 4.59. The fraction of sp³-hybridized carbons (Fsp3) is 0.533. The van der Waals surface area contributed by atoms with E-state index in [-0.39, 0.29) is 24.4 Å². The molecule has 0 fully saturated rings. The number of rotatable bonds is 9. The minimum absolute atomic E-state index is 0.0329. The minimum Gasteiger partial charge on any atom is -0.494 e. The van der Waals surface area contributed by atoms with Gasteiger partial charge in [0.05, 0.1) is 6.61 Å². The molecule has 1 amide bonds. The van der Waals surface area contributed by atoms with E-state index in [2.05, 4.69) is 5.32 Å². The SMILES string of the molecule is CCC(CCO)NC(=O)CCCOc1ccc(F)cc1. The number of aliphatic hydroxyl groups is 1. The van der Waals surface area contributed by atoms with Gasteiger partial charge in [-0.3, -0.25) is 4.79 Å². The molecule has 5 heteroatoms. The summed E-state index contributed by atoms with van der Waals surface area (Å²) in [6, 6.07) is 5.82. The summed E-state index contributed by atoms with van der Waals surface area (Å²) in [7, 11) is 0. The maximum absolute atomic E-state index is 12.7. The Morgan fingerprint density at radius 1 is 1.40 bits per heavy atom. The number of carbonyl (C=O) groups excluding carboxylic acids is 1. The summed E-state index contributed by atoms with van der Waals surface area (Å²) in [6.07, 6.45) is 2.36. The summed E-state index contributed by atoms with van der Waals surface area (Å²) in [5.41, 5.74) is 0. The average Bonchev–Trinajstić information content (AvgIpc) is 2.45. The standard InChI is InChI=1S/C15H22FNO3/c1-2-13(9-10-18)17-15(19)4-3-11-20-14-7-5-12(16)6-8-14/h5-8,13,18H,2-4,9-11H2,1H3,(H,17,19). The van der Waals surface area contributed by atoms with Crippen LogP contribution < -0.4 is 10.1 Å². The first-order valence-electron chi connectivity index (χ1n) is 6.94. The first kappa shape index (κ1) is 16.4. The molecule has 1 aromatic carbocycles. The normalized spacial score (nSPS) is 11.9. The molecule has 0 heterocycles. The van der Waals surface area contributed by atoms with Crippen molar-refractivity contribution in [3.05, 3.63) is 30.1 Å². The van der Waals surface area contributed by atoms with E-state index in [9.17, 15) is 9.18 Å². The third kappa shape index (κ3) is 6.52. The molecule has 0 aliphatic carbocycles. The number of aliphatic hydroxyl groups excluding tert-OH is 1. The molecule has 0 bridgehead atoms. The molecular formula is C15H22FNO3. The van der Waals surface area contributed by atoms with Gasteiger partial charge >= 0.3 is 0 Å². The van der Waals surface area contributed by atoms with Crippen LogP contribution >= 0.6 is 0 Å². The van der Waals surface area contributed by atoms with E-state index >= 15 is 0 Å². The van der Waals surface area contributed by atoms with Gasteiger partial charge in [0.25, 0.3) is 0 Å². The molecule has 112 valence electrons. The summed E-state index contributed by atoms with van der Waals surface area (Å²) >= 11 is 0. The molecule has 1 atom stereocenters. The number of carbonyl (C=O) groups is 1. The van der Waals surface area contributed by atoms with Crippen LogP contribution in [0.2, 0.25) is 0 Å². The van der Waals surface area contributed by atoms with Crippen LogP contribution in [0, 0.1) is 5.82 Å². The van der Waals surface area contributed by atoms with Gasteiger partial charge in [-0.2, -0.15) is 0 Å². The van der Waals surface area contributed by atoms with Gasteiger partial charge in [-0.15, -0.1) is 0 Å². The monoisotopic (exact) mass is 283 g/mol. The Morgan fingerprint density at radius 2 is 2.10 bits per heavy atom. The molecule has 0 saturated heterocycles. The molecule has 4 nitrogen and oxygen atoms in total. The Kier molecular flexibility index (Phi) is 7.65. The summed E-state index contributed by atoms with van der Waals surface area (Å²) in [5, 5.41) is 11.7. The van der Waals surface area contributed by atoms with Crippen molar-refractivity contribution in [2.75, 3.05) is 13.2 Å². The van der Waals surface area contributed by atoms with Crippen LogP contribution in [-0.4, -0.2) is 30.3 Å². The van der Waals surface area contributed by atoms with Crippen molar-refractivity contribution < 1.29 is 19.0 Å². The molecule has 0 spiro atoms. The lowest BCUT2D eigenvalue weighted by Crippen LogP contribution is -2.35. The zero-order chi connectivity index (χ0) is 14.8. The van der Waals surface area contributed by atoms with E-state index in [1.807, 2.05) is 6.92 Å². The predicted octanol–water partition coefficient (Wildman–Crippen LogP) is 2.26. The number of benzene rings is 1. The lowest BCUT2D eigenvalue weighted by atomic mass is 10.1. The Bertz CT molecular complexity index is 395. The zero-order valence-corrected chi connectivity index (χ0v) is 11.8. The quantitative estimate of drug-likeness (QED) is 0.683. The third-order valence-corrected chi connectivity index (χ3v) is 2.97. The van der Waals surface area contributed by atoms with E-state index in [1.165, 1.54) is 12.1 Å². The molecule has 0 aliphatic heterocycles. The Balaban J connectivity index is 2.17. The highest BCUT2D eigenvalue weighted by Crippen LogP contribution is 2.11. The van der Waals surface area contributed by atoms with Gasteiger partial charge in [-0.1, -0.05) is 6.92 Å². The van der Waals surface area contributed by atoms with E-state index < -0.39 is 0 Å². The lowest BCUT2D eigenvalue weighted by Gasteiger charge is -2.15. The van der Waals surface area contributed by atoms with Crippen LogP contribution in [-0.2, 0) is 4.79 Å². The first-order valence-corrected chi connectivity index (χ1v) is 6.94. The lowest BCUT2D eigenvalue weighted by molar-refractivity contribution is -0.122. The molecule has 0 saturated carbocycles. The molecule has 20 heavy (non-hydrogen) atoms. The fourth-order valence-electron chi connectivity index (χ4n) is 1.79. The van der Waals surface area contributed by atoms with E-state index in [0.717, 1.165) is 6.42 Å². The van der Waals surface area contributed by atoms with Crippen molar-refractivity contribution in [3.8, 4) is 5.75 Å². The van der Waals surface area contributed by atoms with E-state index in [4.69, 9.17) is 9.84 Å².